The van der Waals surface area contributed by atoms with Gasteiger partial charge >= 0.3 is 11.9 Å². The number of aryl methyl sites for hydroxylation is 1. The zero-order valence-electron chi connectivity index (χ0n) is 54.9. The zero-order valence-corrected chi connectivity index (χ0v) is 55.7. The van der Waals surface area contributed by atoms with E-state index in [9.17, 15) is 62.6 Å². The van der Waals surface area contributed by atoms with Crippen molar-refractivity contribution in [2.45, 2.75) is 175 Å². The van der Waals surface area contributed by atoms with Crippen molar-refractivity contribution in [3.05, 3.63) is 44.6 Å². The predicted molar refractivity (Wildman–Crippen MR) is 332 cm³/mol. The molecule has 6 aliphatic rings. The minimum atomic E-state index is -2.09. The van der Waals surface area contributed by atoms with Gasteiger partial charge in [0.25, 0.3) is 11.8 Å². The summed E-state index contributed by atoms with van der Waals surface area (Å²) in [5.74, 6) is -15.3. The SMILES string of the molecule is Cc1c2oc3c(C)ccc(C(=O)N[C@@H]4C(=O)N[C@@H](C(C)C)C(=O)N5[C@H](C)C[C@H](O)[C@@H]5C(=O)N(C)CC(=O)N(C)[C@H](C(C)C)C(=O)O[C@@H]4C)c3nc-2c(C(=O)N[C@@H]2C(=O)N[C@@H](C(C)C)C(=O)N3[C@H](CC(=O)[C@@H]3C)C(=O)N(C)CC(=O)N(C)[C@@H](C)C(=O)O[C@H]2CCl)c(N)c1=O. The fourth-order valence-electron chi connectivity index (χ4n) is 12.2. The number of cyclic esters (lactones) is 2. The summed E-state index contributed by atoms with van der Waals surface area (Å²) in [5.41, 5.74) is 2.91. The first-order valence-corrected chi connectivity index (χ1v) is 31.1. The molecule has 4 saturated heterocycles. The summed E-state index contributed by atoms with van der Waals surface area (Å²) in [6.45, 7) is 16.9. The minimum absolute atomic E-state index is 0.0330. The number of carbonyl (C=O) groups excluding carboxylic acids is 13. The first-order chi connectivity index (χ1) is 43.4. The maximum atomic E-state index is 15.2. The number of ketones is 1. The largest absolute Gasteiger partial charge is 0.458 e. The van der Waals surface area contributed by atoms with Crippen molar-refractivity contribution in [2.75, 3.05) is 52.9 Å². The van der Waals surface area contributed by atoms with E-state index in [0.717, 1.165) is 29.4 Å². The number of carbonyl (C=O) groups is 13. The number of hydrogen-bond acceptors (Lipinski definition) is 20. The molecule has 1 aromatic rings. The molecule has 4 fully saturated rings. The number of esters is 2. The van der Waals surface area contributed by atoms with E-state index in [1.54, 1.807) is 55.4 Å². The molecule has 31 heteroatoms. The summed E-state index contributed by atoms with van der Waals surface area (Å²) in [4.78, 5) is 212. The van der Waals surface area contributed by atoms with Crippen LogP contribution in [0.1, 0.15) is 114 Å². The Hall–Kier alpha value is -8.80. The standard InChI is InChI=1S/C62H83ClN12O18/c1-24(2)42-58(86)74-28(8)19-36(77)49(74)60(88)71(14)23-39(79)73(16)48(26(5)6)62(90)91-32(12)44(55(83)66-42)68-53(81)33-18-17-27(7)51-45(33)65-47-40(41(64)50(80)29(9)52(47)93-51)54(82)69-46-37(21-63)92-61(89)31(11)72(15)38(78)22-70(13)57(85)34-20-35(76)30(10)75(34)59(87)43(25(3)4)67-56(46)84/h17-18,24-26,28,30-32,34,36-37,42-44,46,48-49,77H,19-23,64H2,1-16H3,(H,66,83)(H,67,84)(H,68,81)(H,69,82)/t28-,30+,31+,32-,34-,36+,37+,42+,43+,44+,46+,48-,49-/m1/s1. The molecule has 7 N–H and O–H groups in total. The number of nitrogen functional groups attached to an aromatic ring is 1. The minimum Gasteiger partial charge on any atom is -0.458 e. The monoisotopic (exact) mass is 1320 g/mol. The van der Waals surface area contributed by atoms with Gasteiger partial charge in [-0.3, -0.25) is 57.5 Å². The molecule has 10 amide bonds. The molecule has 30 nitrogen and oxygen atoms in total. The van der Waals surface area contributed by atoms with Crippen LogP contribution in [0.15, 0.2) is 21.3 Å². The highest BCUT2D eigenvalue weighted by atomic mass is 35.5. The van der Waals surface area contributed by atoms with Crippen LogP contribution in [0.3, 0.4) is 0 Å². The van der Waals surface area contributed by atoms with Crippen LogP contribution in [0.5, 0.6) is 0 Å². The summed E-state index contributed by atoms with van der Waals surface area (Å²) in [6.07, 6.45) is -5.24. The number of aromatic nitrogens is 1. The van der Waals surface area contributed by atoms with Crippen LogP contribution >= 0.6 is 11.6 Å². The van der Waals surface area contributed by atoms with Gasteiger partial charge in [-0.2, -0.15) is 0 Å². The smallest absolute Gasteiger partial charge is 0.329 e. The van der Waals surface area contributed by atoms with Gasteiger partial charge in [0.05, 0.1) is 47.9 Å². The molecular weight excluding hydrogens is 1240 g/mol. The number of amides is 10. The van der Waals surface area contributed by atoms with Crippen LogP contribution < -0.4 is 32.4 Å². The summed E-state index contributed by atoms with van der Waals surface area (Å²) in [7, 11) is 5.16. The van der Waals surface area contributed by atoms with Crippen LogP contribution in [-0.2, 0) is 62.2 Å². The van der Waals surface area contributed by atoms with Gasteiger partial charge in [0.1, 0.15) is 71.8 Å². The Labute approximate surface area is 541 Å². The second-order valence-corrected chi connectivity index (χ2v) is 25.9. The van der Waals surface area contributed by atoms with Gasteiger partial charge in [0.2, 0.25) is 52.7 Å². The second kappa shape index (κ2) is 28.2. The number of halogens is 1. The molecule has 13 atom stereocenters. The van der Waals surface area contributed by atoms with Crippen molar-refractivity contribution in [1.82, 2.24) is 55.7 Å². The molecule has 93 heavy (non-hydrogen) atoms. The Balaban J connectivity index is 1.34. The highest BCUT2D eigenvalue weighted by molar-refractivity contribution is 6.19. The van der Waals surface area contributed by atoms with Crippen molar-refractivity contribution in [1.29, 1.82) is 0 Å². The first-order valence-electron chi connectivity index (χ1n) is 30.6. The fraction of sp³-hybridized carbons (Fsp3) is 0.597. The maximum absolute atomic E-state index is 15.2. The molecule has 5 aliphatic heterocycles. The van der Waals surface area contributed by atoms with Crippen LogP contribution in [0.25, 0.3) is 22.6 Å². The molecule has 0 saturated carbocycles. The quantitative estimate of drug-likeness (QED) is 0.0698. The predicted octanol–water partition coefficient (Wildman–Crippen LogP) is -0.765. The molecule has 0 unspecified atom stereocenters. The van der Waals surface area contributed by atoms with E-state index >= 15 is 9.59 Å². The summed E-state index contributed by atoms with van der Waals surface area (Å²) >= 11 is 6.49. The number of rotatable bonds is 8. The van der Waals surface area contributed by atoms with Gasteiger partial charge in [-0.1, -0.05) is 47.6 Å². The average molecular weight is 1320 g/mol. The number of Topliss-reactive ketones (excluding diaryl/α,β-unsaturated/α-hetero) is 1. The second-order valence-electron chi connectivity index (χ2n) is 25.6. The lowest BCUT2D eigenvalue weighted by molar-refractivity contribution is -0.163. The van der Waals surface area contributed by atoms with E-state index in [1.807, 2.05) is 0 Å². The van der Waals surface area contributed by atoms with Crippen molar-refractivity contribution >= 4 is 105 Å². The topological polar surface area (TPSA) is 397 Å². The Morgan fingerprint density at radius 1 is 0.710 bits per heavy atom. The molecule has 1 aromatic carbocycles. The molecule has 1 aliphatic carbocycles. The first kappa shape index (κ1) is 71.6. The Morgan fingerprint density at radius 3 is 1.83 bits per heavy atom. The van der Waals surface area contributed by atoms with Crippen LogP contribution in [0, 0.1) is 31.6 Å². The maximum Gasteiger partial charge on any atom is 0.329 e. The van der Waals surface area contributed by atoms with E-state index in [0.29, 0.717) is 5.56 Å². The van der Waals surface area contributed by atoms with Gasteiger partial charge in [-0.05, 0) is 77.3 Å². The number of anilines is 1. The van der Waals surface area contributed by atoms with Crippen LogP contribution in [-0.4, -0.2) is 242 Å². The van der Waals surface area contributed by atoms with E-state index in [-0.39, 0.29) is 34.4 Å². The number of hydrogen-bond donors (Lipinski definition) is 6. The van der Waals surface area contributed by atoms with Crippen molar-refractivity contribution in [2.24, 2.45) is 17.8 Å². The number of fused-ring (bicyclic) bond motifs is 4. The van der Waals surface area contributed by atoms with Gasteiger partial charge < -0.3 is 75.4 Å². The molecule has 5 heterocycles. The molecular formula is C62H83ClN12O18. The summed E-state index contributed by atoms with van der Waals surface area (Å²) in [5, 5.41) is 21.6. The Bertz CT molecular complexity index is 3590. The number of likely N-dealkylation sites (N-methyl/N-ethyl adjacent to an activating group) is 4. The number of aliphatic hydroxyl groups excluding tert-OH is 1. The number of benzene rings is 2. The van der Waals surface area contributed by atoms with E-state index < -0.39 is 221 Å². The molecule has 0 radical (unpaired) electrons. The number of ether oxygens (including phenoxy) is 2. The van der Waals surface area contributed by atoms with Gasteiger partial charge in [0, 0.05) is 46.2 Å². The van der Waals surface area contributed by atoms with Crippen LogP contribution in [0.4, 0.5) is 5.69 Å². The van der Waals surface area contributed by atoms with Gasteiger partial charge in [-0.15, -0.1) is 11.6 Å². The number of nitrogens with two attached hydrogens (primary N) is 1. The normalized spacial score (nSPS) is 28.1. The highest BCUT2D eigenvalue weighted by Crippen LogP contribution is 2.36. The van der Waals surface area contributed by atoms with Crippen LogP contribution in [0.2, 0.25) is 0 Å². The lowest BCUT2D eigenvalue weighted by atomic mass is 9.98. The number of nitrogens with zero attached hydrogens (tertiary/aromatic N) is 7. The van der Waals surface area contributed by atoms with Crippen molar-refractivity contribution in [3.8, 4) is 11.5 Å². The number of aliphatic hydroxyl groups is 1. The van der Waals surface area contributed by atoms with Crippen molar-refractivity contribution in [3.63, 3.8) is 0 Å². The van der Waals surface area contributed by atoms with E-state index in [4.69, 9.17) is 36.2 Å². The Kier molecular flexibility index (Phi) is 21.7. The molecule has 7 rings (SSSR count). The fourth-order valence-corrected chi connectivity index (χ4v) is 12.4. The Morgan fingerprint density at radius 2 is 1.26 bits per heavy atom. The molecule has 0 spiro atoms. The number of alkyl halides is 1. The third kappa shape index (κ3) is 14.0. The summed E-state index contributed by atoms with van der Waals surface area (Å²) in [6, 6.07) is -11.7. The zero-order chi connectivity index (χ0) is 69.6. The highest BCUT2D eigenvalue weighted by Gasteiger charge is 2.52. The molecule has 0 aromatic heterocycles. The molecule has 0 bridgehead atoms. The third-order valence-electron chi connectivity index (χ3n) is 17.9. The van der Waals surface area contributed by atoms with Gasteiger partial charge in [-0.25, -0.2) is 14.6 Å². The van der Waals surface area contributed by atoms with E-state index in [2.05, 4.69) is 21.3 Å². The lowest BCUT2D eigenvalue weighted by Crippen LogP contribution is -2.62. The average Bonchev–Trinajstić information content (AvgIpc) is 1.48. The van der Waals surface area contributed by atoms with E-state index in [1.165, 1.54) is 68.0 Å². The van der Waals surface area contributed by atoms with Crippen molar-refractivity contribution < 1.29 is 81.3 Å². The summed E-state index contributed by atoms with van der Waals surface area (Å²) < 4.78 is 18.1. The molecule has 506 valence electrons. The lowest BCUT2D eigenvalue weighted by Gasteiger charge is -2.37. The van der Waals surface area contributed by atoms with Gasteiger partial charge in [0.15, 0.2) is 17.1 Å². The third-order valence-corrected chi connectivity index (χ3v) is 18.2. The number of nitrogens with one attached hydrogen (secondary N) is 4.